The van der Waals surface area contributed by atoms with Crippen LogP contribution in [0.2, 0.25) is 0 Å². The molecule has 0 aliphatic carbocycles. The second kappa shape index (κ2) is 14.2. The molecule has 0 radical (unpaired) electrons. The van der Waals surface area contributed by atoms with E-state index in [2.05, 4.69) is 182 Å². The highest BCUT2D eigenvalue weighted by Crippen LogP contribution is 2.36. The van der Waals surface area contributed by atoms with Crippen molar-refractivity contribution in [2.75, 3.05) is 0 Å². The maximum Gasteiger partial charge on any atom is 0.164 e. The van der Waals surface area contributed by atoms with Crippen molar-refractivity contribution in [2.24, 2.45) is 0 Å². The molecule has 0 bridgehead atoms. The van der Waals surface area contributed by atoms with Gasteiger partial charge in [-0.3, -0.25) is 0 Å². The van der Waals surface area contributed by atoms with Crippen LogP contribution in [0.4, 0.5) is 0 Å². The largest absolute Gasteiger partial charge is 0.208 e. The predicted octanol–water partition coefficient (Wildman–Crippen LogP) is 5.15. The zero-order valence-electron chi connectivity index (χ0n) is 24.5. The van der Waals surface area contributed by atoms with E-state index in [-0.39, 0.29) is 0 Å². The predicted molar refractivity (Wildman–Crippen MR) is 196 cm³/mol. The van der Waals surface area contributed by atoms with E-state index in [4.69, 9.17) is 15.0 Å². The van der Waals surface area contributed by atoms with Gasteiger partial charge < -0.3 is 0 Å². The maximum absolute atomic E-state index is 5.46. The van der Waals surface area contributed by atoms with Crippen LogP contribution < -0.4 is 48.5 Å². The normalized spacial score (nSPS) is 11.3. The van der Waals surface area contributed by atoms with Gasteiger partial charge in [0.15, 0.2) is 16.7 Å². The molecule has 6 aromatic carbocycles. The first-order valence-electron chi connectivity index (χ1n) is 14.8. The van der Waals surface area contributed by atoms with Crippen molar-refractivity contribution in [1.82, 2.24) is 15.0 Å². The third kappa shape index (κ3) is 6.68. The van der Waals surface area contributed by atoms with Gasteiger partial charge in [0.1, 0.15) is 0 Å². The smallest absolute Gasteiger partial charge is 0.164 e. The Hall–Kier alpha value is -4.38. The van der Waals surface area contributed by atoms with E-state index in [0.29, 0.717) is 0 Å². The first-order valence-corrected chi connectivity index (χ1v) is 18.8. The lowest BCUT2D eigenvalue weighted by Crippen LogP contribution is -2.41. The van der Waals surface area contributed by atoms with Gasteiger partial charge in [-0.05, 0) is 31.8 Å². The fourth-order valence-electron chi connectivity index (χ4n) is 5.25. The lowest BCUT2D eigenvalue weighted by molar-refractivity contribution is 1.19. The zero-order valence-corrected chi connectivity index (χ0v) is 27.2. The summed E-state index contributed by atoms with van der Waals surface area (Å²) in [6.45, 7) is 0. The summed E-state index contributed by atoms with van der Waals surface area (Å²) in [4.78, 5) is 16.4. The van der Waals surface area contributed by atoms with Crippen LogP contribution >= 0.6 is 23.8 Å². The summed E-state index contributed by atoms with van der Waals surface area (Å²) in [6, 6.07) is 64.2. The second-order valence-electron chi connectivity index (χ2n) is 10.3. The Labute approximate surface area is 268 Å². The highest BCUT2D eigenvalue weighted by atomic mass is 31.1. The molecule has 1 heterocycles. The molecule has 216 valence electrons. The molecule has 3 nitrogen and oxygen atoms in total. The Kier molecular flexibility index (Phi) is 9.23. The molecule has 6 heteroatoms. The fourth-order valence-corrected chi connectivity index (χ4v) is 11.8. The number of hydrogen-bond donors (Lipinski definition) is 0. The third-order valence-corrected chi connectivity index (χ3v) is 14.0. The van der Waals surface area contributed by atoms with E-state index in [0.717, 1.165) is 16.7 Å². The van der Waals surface area contributed by atoms with E-state index >= 15 is 0 Å². The first-order chi connectivity index (χ1) is 22.3. The molecule has 0 spiro atoms. The molecule has 0 saturated carbocycles. The Morgan fingerprint density at radius 1 is 0.222 bits per heavy atom. The minimum atomic E-state index is -1.05. The van der Waals surface area contributed by atoms with Gasteiger partial charge in [0.2, 0.25) is 0 Å². The standard InChI is InChI=1S/C39H30N3P3/c1-7-19-31(20-8-1)43(32-21-9-2-10-22-32)37-40-38(44(33-23-11-3-12-24-33)34-25-13-4-14-26-34)42-39(41-37)45(35-27-15-5-16-28-35)36-29-17-6-18-30-36/h1-30H. The molecule has 0 fully saturated rings. The average molecular weight is 634 g/mol. The summed E-state index contributed by atoms with van der Waals surface area (Å²) in [7, 11) is -3.14. The molecule has 7 aromatic rings. The van der Waals surface area contributed by atoms with Gasteiger partial charge in [-0.1, -0.05) is 182 Å². The van der Waals surface area contributed by atoms with Crippen molar-refractivity contribution in [1.29, 1.82) is 0 Å². The minimum Gasteiger partial charge on any atom is -0.208 e. The van der Waals surface area contributed by atoms with Gasteiger partial charge in [0, 0.05) is 23.8 Å². The lowest BCUT2D eigenvalue weighted by Gasteiger charge is -2.24. The van der Waals surface area contributed by atoms with E-state index in [9.17, 15) is 0 Å². The highest BCUT2D eigenvalue weighted by molar-refractivity contribution is 7.81. The third-order valence-electron chi connectivity index (χ3n) is 7.29. The van der Waals surface area contributed by atoms with Gasteiger partial charge in [0.25, 0.3) is 0 Å². The number of hydrogen-bond acceptors (Lipinski definition) is 3. The number of nitrogens with zero attached hydrogens (tertiary/aromatic N) is 3. The van der Waals surface area contributed by atoms with E-state index in [1.807, 2.05) is 0 Å². The molecule has 45 heavy (non-hydrogen) atoms. The summed E-state index contributed by atoms with van der Waals surface area (Å²) in [5, 5.41) is 7.30. The molecule has 0 aliphatic rings. The Balaban J connectivity index is 1.52. The topological polar surface area (TPSA) is 38.7 Å². The molecule has 0 unspecified atom stereocenters. The number of rotatable bonds is 9. The SMILES string of the molecule is c1ccc(P(c2ccccc2)c2nc(P(c3ccccc3)c3ccccc3)nc(P(c3ccccc3)c3ccccc3)n2)cc1. The van der Waals surface area contributed by atoms with Crippen LogP contribution in [0.3, 0.4) is 0 Å². The Bertz CT molecular complexity index is 1580. The quantitative estimate of drug-likeness (QED) is 0.207. The number of benzene rings is 6. The summed E-state index contributed by atoms with van der Waals surface area (Å²) in [6.07, 6.45) is 0. The Morgan fingerprint density at radius 2 is 0.378 bits per heavy atom. The van der Waals surface area contributed by atoms with E-state index in [1.54, 1.807) is 0 Å². The number of aromatic nitrogens is 3. The fraction of sp³-hybridized carbons (Fsp3) is 0. The van der Waals surface area contributed by atoms with Gasteiger partial charge in [-0.2, -0.15) is 0 Å². The minimum absolute atomic E-state index is 0.834. The van der Waals surface area contributed by atoms with Crippen molar-refractivity contribution >= 4 is 72.3 Å². The summed E-state index contributed by atoms with van der Waals surface area (Å²) in [5.74, 6) is 0. The van der Waals surface area contributed by atoms with Gasteiger partial charge in [0.05, 0.1) is 0 Å². The second-order valence-corrected chi connectivity index (χ2v) is 16.6. The van der Waals surface area contributed by atoms with Crippen LogP contribution in [0.15, 0.2) is 182 Å². The monoisotopic (exact) mass is 633 g/mol. The molecule has 0 saturated heterocycles. The molecular formula is C39H30N3P3. The molecule has 1 aromatic heterocycles. The van der Waals surface area contributed by atoms with Gasteiger partial charge in [-0.15, -0.1) is 0 Å². The van der Waals surface area contributed by atoms with Crippen molar-refractivity contribution in [2.45, 2.75) is 0 Å². The van der Waals surface area contributed by atoms with Crippen molar-refractivity contribution in [3.63, 3.8) is 0 Å². The van der Waals surface area contributed by atoms with Crippen LogP contribution in [-0.2, 0) is 0 Å². The first kappa shape index (κ1) is 29.3. The van der Waals surface area contributed by atoms with Gasteiger partial charge >= 0.3 is 0 Å². The molecular weight excluding hydrogens is 603 g/mol. The van der Waals surface area contributed by atoms with Crippen LogP contribution in [0, 0.1) is 0 Å². The van der Waals surface area contributed by atoms with Crippen LogP contribution in [-0.4, -0.2) is 15.0 Å². The maximum atomic E-state index is 5.46. The van der Waals surface area contributed by atoms with Crippen molar-refractivity contribution in [3.8, 4) is 0 Å². The van der Waals surface area contributed by atoms with Gasteiger partial charge in [-0.25, -0.2) is 15.0 Å². The molecule has 0 aliphatic heterocycles. The summed E-state index contributed by atoms with van der Waals surface area (Å²) in [5.41, 5.74) is 2.50. The molecule has 0 N–H and O–H groups in total. The van der Waals surface area contributed by atoms with Crippen molar-refractivity contribution in [3.05, 3.63) is 182 Å². The molecule has 0 amide bonds. The Morgan fingerprint density at radius 3 is 0.533 bits per heavy atom. The van der Waals surface area contributed by atoms with Crippen LogP contribution in [0.5, 0.6) is 0 Å². The van der Waals surface area contributed by atoms with Crippen LogP contribution in [0.1, 0.15) is 0 Å². The summed E-state index contributed by atoms with van der Waals surface area (Å²) < 4.78 is 0. The molecule has 0 atom stereocenters. The highest BCUT2D eigenvalue weighted by Gasteiger charge is 2.29. The average Bonchev–Trinajstić information content (AvgIpc) is 3.12. The zero-order chi connectivity index (χ0) is 30.3. The van der Waals surface area contributed by atoms with E-state index in [1.165, 1.54) is 31.8 Å². The summed E-state index contributed by atoms with van der Waals surface area (Å²) >= 11 is 0. The lowest BCUT2D eigenvalue weighted by atomic mass is 10.4. The van der Waals surface area contributed by atoms with Crippen LogP contribution in [0.25, 0.3) is 0 Å². The van der Waals surface area contributed by atoms with Crippen molar-refractivity contribution < 1.29 is 0 Å². The molecule has 7 rings (SSSR count). The van der Waals surface area contributed by atoms with E-state index < -0.39 is 23.8 Å².